The van der Waals surface area contributed by atoms with Crippen LogP contribution in [0.1, 0.15) is 11.5 Å². The molecule has 6 heteroatoms. The molecule has 1 aliphatic rings. The van der Waals surface area contributed by atoms with Gasteiger partial charge in [0.15, 0.2) is 9.84 Å². The molecular formula is C18H16BrNO3S. The minimum absolute atomic E-state index is 0.0843. The van der Waals surface area contributed by atoms with Crippen LogP contribution in [0.4, 0.5) is 0 Å². The Kier molecular flexibility index (Phi) is 4.52. The summed E-state index contributed by atoms with van der Waals surface area (Å²) in [4.78, 5) is 0.241. The van der Waals surface area contributed by atoms with Crippen LogP contribution < -0.4 is 0 Å². The lowest BCUT2D eigenvalue weighted by Crippen LogP contribution is -2.19. The van der Waals surface area contributed by atoms with E-state index in [1.165, 1.54) is 7.11 Å². The van der Waals surface area contributed by atoms with E-state index >= 15 is 0 Å². The minimum atomic E-state index is -3.63. The largest absolute Gasteiger partial charge is 0.383 e. The highest BCUT2D eigenvalue weighted by molar-refractivity contribution is 9.10. The number of benzene rings is 2. The van der Waals surface area contributed by atoms with Crippen LogP contribution in [-0.4, -0.2) is 27.4 Å². The smallest absolute Gasteiger partial charge is 0.183 e. The van der Waals surface area contributed by atoms with Crippen molar-refractivity contribution in [2.24, 2.45) is 5.41 Å². The van der Waals surface area contributed by atoms with E-state index in [-0.39, 0.29) is 11.5 Å². The number of ether oxygens (including phenoxy) is 1. The van der Waals surface area contributed by atoms with E-state index in [0.29, 0.717) is 0 Å². The van der Waals surface area contributed by atoms with Crippen molar-refractivity contribution in [3.63, 3.8) is 0 Å². The van der Waals surface area contributed by atoms with Crippen LogP contribution >= 0.6 is 15.9 Å². The number of hydrogen-bond acceptors (Lipinski definition) is 4. The molecule has 0 radical (unpaired) electrons. The van der Waals surface area contributed by atoms with Gasteiger partial charge >= 0.3 is 0 Å². The molecule has 2 aromatic carbocycles. The van der Waals surface area contributed by atoms with E-state index < -0.39 is 26.4 Å². The standard InChI is InChI=1S/C18H16BrNO3S/c1-23-12-18(11-20)16(13-7-9-14(19)10-8-13)17(18)24(21,22)15-5-3-2-4-6-15/h2-10,16-17H,12H2,1H3/t16-,17-,18-/m0/s1. The van der Waals surface area contributed by atoms with Crippen LogP contribution in [0.2, 0.25) is 0 Å². The highest BCUT2D eigenvalue weighted by Gasteiger charge is 2.72. The zero-order chi connectivity index (χ0) is 17.4. The van der Waals surface area contributed by atoms with Gasteiger partial charge in [0.2, 0.25) is 0 Å². The summed E-state index contributed by atoms with van der Waals surface area (Å²) in [6.45, 7) is 0.0843. The molecule has 0 amide bonds. The van der Waals surface area contributed by atoms with E-state index in [2.05, 4.69) is 22.0 Å². The van der Waals surface area contributed by atoms with Gasteiger partial charge in [0.1, 0.15) is 5.41 Å². The number of sulfone groups is 1. The molecule has 2 aromatic rings. The zero-order valence-corrected chi connectivity index (χ0v) is 15.4. The molecule has 0 spiro atoms. The first-order valence-electron chi connectivity index (χ1n) is 7.42. The number of nitrogens with zero attached hydrogens (tertiary/aromatic N) is 1. The van der Waals surface area contributed by atoms with Crippen LogP contribution in [0.25, 0.3) is 0 Å². The lowest BCUT2D eigenvalue weighted by atomic mass is 10.0. The second-order valence-corrected chi connectivity index (χ2v) is 8.88. The zero-order valence-electron chi connectivity index (χ0n) is 13.0. The number of halogens is 1. The Morgan fingerprint density at radius 1 is 1.17 bits per heavy atom. The lowest BCUT2D eigenvalue weighted by Gasteiger charge is -2.08. The summed E-state index contributed by atoms with van der Waals surface area (Å²) in [5.41, 5.74) is -0.224. The van der Waals surface area contributed by atoms with Gasteiger partial charge in [-0.2, -0.15) is 5.26 Å². The molecule has 4 nitrogen and oxygen atoms in total. The van der Waals surface area contributed by atoms with Crippen molar-refractivity contribution in [3.05, 3.63) is 64.6 Å². The fourth-order valence-corrected chi connectivity index (χ4v) is 5.93. The molecule has 1 fully saturated rings. The average Bonchev–Trinajstić information content (AvgIpc) is 3.26. The third kappa shape index (κ3) is 2.67. The average molecular weight is 406 g/mol. The normalized spacial score (nSPS) is 25.9. The monoisotopic (exact) mass is 405 g/mol. The summed E-state index contributed by atoms with van der Waals surface area (Å²) in [5.74, 6) is -0.402. The number of rotatable bonds is 5. The summed E-state index contributed by atoms with van der Waals surface area (Å²) in [5, 5.41) is 8.94. The number of methoxy groups -OCH3 is 1. The van der Waals surface area contributed by atoms with Crippen molar-refractivity contribution < 1.29 is 13.2 Å². The summed E-state index contributed by atoms with van der Waals surface area (Å²) in [6.07, 6.45) is 0. The molecule has 0 unspecified atom stereocenters. The van der Waals surface area contributed by atoms with Crippen LogP contribution in [0.3, 0.4) is 0 Å². The molecule has 0 N–H and O–H groups in total. The molecule has 0 aliphatic heterocycles. The lowest BCUT2D eigenvalue weighted by molar-refractivity contribution is 0.162. The Morgan fingerprint density at radius 2 is 1.79 bits per heavy atom. The van der Waals surface area contributed by atoms with Gasteiger partial charge < -0.3 is 4.74 Å². The predicted molar refractivity (Wildman–Crippen MR) is 94.2 cm³/mol. The van der Waals surface area contributed by atoms with Gasteiger partial charge in [-0.25, -0.2) is 8.42 Å². The number of hydrogen-bond donors (Lipinski definition) is 0. The van der Waals surface area contributed by atoms with Crippen molar-refractivity contribution in [2.75, 3.05) is 13.7 Å². The van der Waals surface area contributed by atoms with Gasteiger partial charge in [-0.15, -0.1) is 0 Å². The van der Waals surface area contributed by atoms with E-state index in [1.807, 2.05) is 24.3 Å². The third-order valence-corrected chi connectivity index (χ3v) is 7.30. The van der Waals surface area contributed by atoms with Crippen molar-refractivity contribution in [1.82, 2.24) is 0 Å². The van der Waals surface area contributed by atoms with E-state index in [0.717, 1.165) is 10.0 Å². The molecule has 24 heavy (non-hydrogen) atoms. The molecule has 3 rings (SSSR count). The molecule has 0 aromatic heterocycles. The second kappa shape index (κ2) is 6.32. The van der Waals surface area contributed by atoms with Crippen LogP contribution in [0.15, 0.2) is 64.0 Å². The molecule has 1 aliphatic carbocycles. The first kappa shape index (κ1) is 17.2. The van der Waals surface area contributed by atoms with E-state index in [9.17, 15) is 13.7 Å². The van der Waals surface area contributed by atoms with Crippen molar-refractivity contribution in [3.8, 4) is 6.07 Å². The molecule has 0 bridgehead atoms. The Hall–Kier alpha value is -1.68. The Labute approximate surface area is 150 Å². The van der Waals surface area contributed by atoms with Crippen molar-refractivity contribution >= 4 is 25.8 Å². The highest BCUT2D eigenvalue weighted by Crippen LogP contribution is 2.63. The molecule has 3 atom stereocenters. The first-order chi connectivity index (χ1) is 11.5. The summed E-state index contributed by atoms with van der Waals surface area (Å²) >= 11 is 3.37. The molecule has 0 heterocycles. The van der Waals surface area contributed by atoms with Gasteiger partial charge in [-0.1, -0.05) is 46.3 Å². The van der Waals surface area contributed by atoms with Crippen LogP contribution in [-0.2, 0) is 14.6 Å². The van der Waals surface area contributed by atoms with Crippen LogP contribution in [0, 0.1) is 16.7 Å². The van der Waals surface area contributed by atoms with Gasteiger partial charge in [0, 0.05) is 17.5 Å². The maximum Gasteiger partial charge on any atom is 0.183 e. The molecule has 124 valence electrons. The molecule has 1 saturated carbocycles. The maximum atomic E-state index is 13.1. The van der Waals surface area contributed by atoms with Gasteiger partial charge in [0.05, 0.1) is 22.8 Å². The van der Waals surface area contributed by atoms with Crippen molar-refractivity contribution in [2.45, 2.75) is 16.1 Å². The van der Waals surface area contributed by atoms with Crippen LogP contribution in [0.5, 0.6) is 0 Å². The fourth-order valence-electron chi connectivity index (χ4n) is 3.34. The SMILES string of the molecule is COC[C@@]1(C#N)[C@@H](c2ccc(Br)cc2)[C@@H]1S(=O)(=O)c1ccccc1. The van der Waals surface area contributed by atoms with Gasteiger partial charge in [0.25, 0.3) is 0 Å². The Balaban J connectivity index is 2.08. The van der Waals surface area contributed by atoms with E-state index in [1.54, 1.807) is 30.3 Å². The first-order valence-corrected chi connectivity index (χ1v) is 9.76. The predicted octanol–water partition coefficient (Wildman–Crippen LogP) is 3.55. The molecular weight excluding hydrogens is 390 g/mol. The van der Waals surface area contributed by atoms with E-state index in [4.69, 9.17) is 4.74 Å². The Morgan fingerprint density at radius 3 is 2.33 bits per heavy atom. The van der Waals surface area contributed by atoms with Gasteiger partial charge in [-0.3, -0.25) is 0 Å². The quantitative estimate of drug-likeness (QED) is 0.762. The highest BCUT2D eigenvalue weighted by atomic mass is 79.9. The summed E-state index contributed by atoms with van der Waals surface area (Å²) in [6, 6.07) is 17.9. The summed E-state index contributed by atoms with van der Waals surface area (Å²) < 4.78 is 32.3. The minimum Gasteiger partial charge on any atom is -0.383 e. The Bertz CT molecular complexity index is 875. The van der Waals surface area contributed by atoms with Gasteiger partial charge in [-0.05, 0) is 29.8 Å². The summed E-state index contributed by atoms with van der Waals surface area (Å²) in [7, 11) is -2.14. The topological polar surface area (TPSA) is 67.2 Å². The third-order valence-electron chi connectivity index (χ3n) is 4.48. The maximum absolute atomic E-state index is 13.1. The fraction of sp³-hybridized carbons (Fsp3) is 0.278. The van der Waals surface area contributed by atoms with Crippen molar-refractivity contribution in [1.29, 1.82) is 5.26 Å². The second-order valence-electron chi connectivity index (χ2n) is 5.89. The number of nitriles is 1. The molecule has 0 saturated heterocycles.